The molecule has 1 saturated heterocycles. The molecule has 1 aliphatic rings. The molecule has 0 aliphatic carbocycles. The molecule has 0 bridgehead atoms. The van der Waals surface area contributed by atoms with Crippen molar-refractivity contribution in [2.24, 2.45) is 0 Å². The zero-order valence-corrected chi connectivity index (χ0v) is 14.6. The molecule has 3 aromatic rings. The lowest BCUT2D eigenvalue weighted by Crippen LogP contribution is -2.19. The Hall–Kier alpha value is -2.05. The number of hydrogen-bond donors (Lipinski definition) is 1. The van der Waals surface area contributed by atoms with Crippen molar-refractivity contribution in [1.29, 1.82) is 0 Å². The van der Waals surface area contributed by atoms with Crippen molar-refractivity contribution in [3.8, 4) is 0 Å². The zero-order chi connectivity index (χ0) is 18.3. The fraction of sp³-hybridized carbons (Fsp3) is 0.316. The maximum absolute atomic E-state index is 12.9. The Labute approximate surface area is 153 Å². The van der Waals surface area contributed by atoms with Gasteiger partial charge in [0, 0.05) is 24.0 Å². The fourth-order valence-corrected chi connectivity index (χ4v) is 3.57. The normalized spacial score (nSPS) is 18.7. The molecule has 1 fully saturated rings. The molecule has 2 heterocycles. The van der Waals surface area contributed by atoms with Gasteiger partial charge in [0.15, 0.2) is 0 Å². The van der Waals surface area contributed by atoms with Crippen LogP contribution in [0, 0.1) is 0 Å². The lowest BCUT2D eigenvalue weighted by atomic mass is 10.1. The number of benzene rings is 2. The lowest BCUT2D eigenvalue weighted by Gasteiger charge is -2.15. The molecule has 2 aromatic carbocycles. The van der Waals surface area contributed by atoms with Gasteiger partial charge in [-0.25, -0.2) is 4.98 Å². The molecule has 0 amide bonds. The van der Waals surface area contributed by atoms with E-state index in [1.165, 1.54) is 11.6 Å². The molecule has 0 radical (unpaired) electrons. The molecule has 0 unspecified atom stereocenters. The summed E-state index contributed by atoms with van der Waals surface area (Å²) in [5.41, 5.74) is 1.54. The van der Waals surface area contributed by atoms with Crippen LogP contribution in [0.25, 0.3) is 11.0 Å². The standard InChI is InChI=1S/C19H17ClF3N3/c20-15-4-1-12(2-5-15)10-26-8-7-13(11-26)18-24-16-6-3-14(19(21,22)23)9-17(16)25-18/h1-6,9,13H,7-8,10-11H2,(H,24,25)/t13-/m0/s1. The Morgan fingerprint density at radius 3 is 2.65 bits per heavy atom. The third-order valence-electron chi connectivity index (χ3n) is 4.81. The van der Waals surface area contributed by atoms with Crippen LogP contribution in [-0.4, -0.2) is 28.0 Å². The van der Waals surface area contributed by atoms with Crippen LogP contribution in [0.4, 0.5) is 13.2 Å². The van der Waals surface area contributed by atoms with E-state index in [0.29, 0.717) is 16.1 Å². The van der Waals surface area contributed by atoms with Crippen LogP contribution in [0.3, 0.4) is 0 Å². The summed E-state index contributed by atoms with van der Waals surface area (Å²) in [4.78, 5) is 9.91. The van der Waals surface area contributed by atoms with Crippen LogP contribution in [-0.2, 0) is 12.7 Å². The Morgan fingerprint density at radius 1 is 1.15 bits per heavy atom. The second-order valence-corrected chi connectivity index (χ2v) is 7.14. The van der Waals surface area contributed by atoms with Crippen molar-refractivity contribution in [2.45, 2.75) is 25.1 Å². The molecule has 136 valence electrons. The highest BCUT2D eigenvalue weighted by Gasteiger charge is 2.31. The monoisotopic (exact) mass is 379 g/mol. The number of likely N-dealkylation sites (tertiary alicyclic amines) is 1. The van der Waals surface area contributed by atoms with Crippen molar-refractivity contribution in [2.75, 3.05) is 13.1 Å². The van der Waals surface area contributed by atoms with Gasteiger partial charge in [-0.1, -0.05) is 23.7 Å². The Bertz CT molecular complexity index is 918. The summed E-state index contributed by atoms with van der Waals surface area (Å²) in [5, 5.41) is 0.716. The predicted octanol–water partition coefficient (Wildman–Crippen LogP) is 5.22. The van der Waals surface area contributed by atoms with Gasteiger partial charge in [0.2, 0.25) is 0 Å². The van der Waals surface area contributed by atoms with Gasteiger partial charge >= 0.3 is 6.18 Å². The van der Waals surface area contributed by atoms with E-state index >= 15 is 0 Å². The first-order valence-electron chi connectivity index (χ1n) is 8.42. The average Bonchev–Trinajstić information content (AvgIpc) is 3.22. The number of rotatable bonds is 3. The van der Waals surface area contributed by atoms with Gasteiger partial charge in [-0.15, -0.1) is 0 Å². The number of H-pyrrole nitrogens is 1. The molecule has 1 aromatic heterocycles. The quantitative estimate of drug-likeness (QED) is 0.676. The van der Waals surface area contributed by atoms with Crippen LogP contribution in [0.15, 0.2) is 42.5 Å². The Morgan fingerprint density at radius 2 is 1.92 bits per heavy atom. The fourth-order valence-electron chi connectivity index (χ4n) is 3.45. The summed E-state index contributed by atoms with van der Waals surface area (Å²) in [7, 11) is 0. The smallest absolute Gasteiger partial charge is 0.342 e. The third-order valence-corrected chi connectivity index (χ3v) is 5.06. The van der Waals surface area contributed by atoms with Crippen LogP contribution < -0.4 is 0 Å². The molecular weight excluding hydrogens is 363 g/mol. The Kier molecular flexibility index (Phi) is 4.40. The van der Waals surface area contributed by atoms with Crippen LogP contribution in [0.5, 0.6) is 0 Å². The minimum absolute atomic E-state index is 0.198. The first-order chi connectivity index (χ1) is 12.4. The van der Waals surface area contributed by atoms with Gasteiger partial charge < -0.3 is 4.98 Å². The maximum atomic E-state index is 12.9. The third kappa shape index (κ3) is 3.57. The number of halogens is 4. The van der Waals surface area contributed by atoms with E-state index in [9.17, 15) is 13.2 Å². The van der Waals surface area contributed by atoms with E-state index < -0.39 is 11.7 Å². The van der Waals surface area contributed by atoms with Crippen LogP contribution >= 0.6 is 11.6 Å². The Balaban J connectivity index is 1.48. The predicted molar refractivity (Wildman–Crippen MR) is 95.2 cm³/mol. The lowest BCUT2D eigenvalue weighted by molar-refractivity contribution is -0.137. The summed E-state index contributed by atoms with van der Waals surface area (Å²) in [5.74, 6) is 0.960. The SMILES string of the molecule is FC(F)(F)c1ccc2nc([C@H]3CCN(Cc4ccc(Cl)cc4)C3)[nH]c2c1. The number of imidazole rings is 1. The van der Waals surface area contributed by atoms with Crippen LogP contribution in [0.2, 0.25) is 5.02 Å². The zero-order valence-electron chi connectivity index (χ0n) is 13.9. The van der Waals surface area contributed by atoms with Crippen LogP contribution in [0.1, 0.15) is 29.3 Å². The van der Waals surface area contributed by atoms with E-state index in [1.54, 1.807) is 0 Å². The summed E-state index contributed by atoms with van der Waals surface area (Å²) in [6.07, 6.45) is -3.41. The first-order valence-corrected chi connectivity index (χ1v) is 8.80. The molecular formula is C19H17ClF3N3. The number of hydrogen-bond acceptors (Lipinski definition) is 2. The molecule has 0 spiro atoms. The number of fused-ring (bicyclic) bond motifs is 1. The molecule has 0 saturated carbocycles. The first kappa shape index (κ1) is 17.4. The minimum atomic E-state index is -4.35. The highest BCUT2D eigenvalue weighted by molar-refractivity contribution is 6.30. The molecule has 3 nitrogen and oxygen atoms in total. The molecule has 4 rings (SSSR count). The summed E-state index contributed by atoms with van der Waals surface area (Å²) in [6, 6.07) is 11.4. The van der Waals surface area contributed by atoms with Gasteiger partial charge in [0.25, 0.3) is 0 Å². The highest BCUT2D eigenvalue weighted by Crippen LogP contribution is 2.32. The van der Waals surface area contributed by atoms with Gasteiger partial charge in [-0.3, -0.25) is 4.90 Å². The number of aromatic nitrogens is 2. The van der Waals surface area contributed by atoms with E-state index in [0.717, 1.165) is 44.0 Å². The average molecular weight is 380 g/mol. The largest absolute Gasteiger partial charge is 0.416 e. The van der Waals surface area contributed by atoms with E-state index in [-0.39, 0.29) is 5.92 Å². The maximum Gasteiger partial charge on any atom is 0.416 e. The van der Waals surface area contributed by atoms with Gasteiger partial charge in [-0.05, 0) is 48.9 Å². The molecule has 26 heavy (non-hydrogen) atoms. The van der Waals surface area contributed by atoms with Crippen molar-refractivity contribution < 1.29 is 13.2 Å². The van der Waals surface area contributed by atoms with Gasteiger partial charge in [-0.2, -0.15) is 13.2 Å². The van der Waals surface area contributed by atoms with E-state index in [2.05, 4.69) is 14.9 Å². The molecule has 1 atom stereocenters. The number of nitrogens with one attached hydrogen (secondary N) is 1. The van der Waals surface area contributed by atoms with Crippen molar-refractivity contribution >= 4 is 22.6 Å². The molecule has 1 aliphatic heterocycles. The highest BCUT2D eigenvalue weighted by atomic mass is 35.5. The topological polar surface area (TPSA) is 31.9 Å². The number of aromatic amines is 1. The van der Waals surface area contributed by atoms with Gasteiger partial charge in [0.1, 0.15) is 5.82 Å². The minimum Gasteiger partial charge on any atom is -0.342 e. The summed E-state index contributed by atoms with van der Waals surface area (Å²) in [6.45, 7) is 2.58. The number of alkyl halides is 3. The second kappa shape index (κ2) is 6.59. The van der Waals surface area contributed by atoms with Crippen molar-refractivity contribution in [3.05, 3.63) is 64.4 Å². The van der Waals surface area contributed by atoms with Gasteiger partial charge in [0.05, 0.1) is 16.6 Å². The van der Waals surface area contributed by atoms with Crippen molar-refractivity contribution in [1.82, 2.24) is 14.9 Å². The summed E-state index contributed by atoms with van der Waals surface area (Å²) >= 11 is 5.91. The number of nitrogens with zero attached hydrogens (tertiary/aromatic N) is 2. The summed E-state index contributed by atoms with van der Waals surface area (Å²) < 4.78 is 38.6. The molecule has 7 heteroatoms. The van der Waals surface area contributed by atoms with Crippen molar-refractivity contribution in [3.63, 3.8) is 0 Å². The van der Waals surface area contributed by atoms with E-state index in [4.69, 9.17) is 11.6 Å². The molecule has 1 N–H and O–H groups in total. The second-order valence-electron chi connectivity index (χ2n) is 6.70. The van der Waals surface area contributed by atoms with E-state index in [1.807, 2.05) is 24.3 Å².